The average molecular weight is 311 g/mol. The maximum absolute atomic E-state index is 11.9. The predicted octanol–water partition coefficient (Wildman–Crippen LogP) is 2.78. The molecule has 0 unspecified atom stereocenters. The molecular formula is C16H13N3O4. The lowest BCUT2D eigenvalue weighted by atomic mass is 10.2. The van der Waals surface area contributed by atoms with Gasteiger partial charge in [-0.05, 0) is 17.7 Å². The highest BCUT2D eigenvalue weighted by molar-refractivity contribution is 5.95. The van der Waals surface area contributed by atoms with Gasteiger partial charge in [0.15, 0.2) is 5.69 Å². The van der Waals surface area contributed by atoms with Crippen LogP contribution in [0.4, 0.5) is 10.7 Å². The SMILES string of the molecule is O=C(Nc1nc(C(=O)O)c2ccccn12)OCc1ccccc1. The summed E-state index contributed by atoms with van der Waals surface area (Å²) in [5, 5.41) is 11.6. The molecule has 2 heterocycles. The second-order valence-electron chi connectivity index (χ2n) is 4.73. The fourth-order valence-electron chi connectivity index (χ4n) is 2.13. The molecule has 0 aliphatic carbocycles. The number of ether oxygens (including phenoxy) is 1. The van der Waals surface area contributed by atoms with Gasteiger partial charge in [-0.3, -0.25) is 9.72 Å². The second kappa shape index (κ2) is 6.18. The second-order valence-corrected chi connectivity index (χ2v) is 4.73. The number of fused-ring (bicyclic) bond motifs is 1. The smallest absolute Gasteiger partial charge is 0.414 e. The van der Waals surface area contributed by atoms with Crippen LogP contribution in [0.2, 0.25) is 0 Å². The lowest BCUT2D eigenvalue weighted by Gasteiger charge is -2.06. The van der Waals surface area contributed by atoms with Gasteiger partial charge in [-0.15, -0.1) is 0 Å². The first-order valence-corrected chi connectivity index (χ1v) is 6.83. The van der Waals surface area contributed by atoms with Crippen LogP contribution in [0, 0.1) is 0 Å². The molecule has 0 radical (unpaired) electrons. The van der Waals surface area contributed by atoms with Gasteiger partial charge in [0.2, 0.25) is 5.95 Å². The Kier molecular flexibility index (Phi) is 3.92. The number of nitrogens with zero attached hydrogens (tertiary/aromatic N) is 2. The molecule has 23 heavy (non-hydrogen) atoms. The van der Waals surface area contributed by atoms with Crippen molar-refractivity contribution < 1.29 is 19.4 Å². The number of hydrogen-bond acceptors (Lipinski definition) is 4. The molecule has 0 spiro atoms. The van der Waals surface area contributed by atoms with Crippen molar-refractivity contribution in [2.45, 2.75) is 6.61 Å². The van der Waals surface area contributed by atoms with Gasteiger partial charge in [-0.2, -0.15) is 0 Å². The summed E-state index contributed by atoms with van der Waals surface area (Å²) in [5.74, 6) is -1.07. The minimum Gasteiger partial charge on any atom is -0.476 e. The molecule has 2 aromatic heterocycles. The van der Waals surface area contributed by atoms with Crippen LogP contribution in [0.3, 0.4) is 0 Å². The van der Waals surface area contributed by atoms with E-state index in [1.807, 2.05) is 30.3 Å². The van der Waals surface area contributed by atoms with E-state index >= 15 is 0 Å². The minimum atomic E-state index is -1.17. The number of hydrogen-bond donors (Lipinski definition) is 2. The molecule has 2 N–H and O–H groups in total. The lowest BCUT2D eigenvalue weighted by Crippen LogP contribution is -2.15. The third-order valence-corrected chi connectivity index (χ3v) is 3.18. The first-order valence-electron chi connectivity index (χ1n) is 6.83. The Balaban J connectivity index is 1.76. The van der Waals surface area contributed by atoms with Crippen molar-refractivity contribution in [2.24, 2.45) is 0 Å². The first-order chi connectivity index (χ1) is 11.1. The van der Waals surface area contributed by atoms with Gasteiger partial charge >= 0.3 is 12.1 Å². The third-order valence-electron chi connectivity index (χ3n) is 3.18. The van der Waals surface area contributed by atoms with Crippen molar-refractivity contribution in [3.8, 4) is 0 Å². The molecule has 0 atom stereocenters. The van der Waals surface area contributed by atoms with Gasteiger partial charge in [0.1, 0.15) is 6.61 Å². The molecule has 1 aromatic carbocycles. The monoisotopic (exact) mass is 311 g/mol. The van der Waals surface area contributed by atoms with E-state index in [1.54, 1.807) is 24.4 Å². The Bertz CT molecular complexity index is 858. The Morgan fingerprint density at radius 2 is 1.87 bits per heavy atom. The third kappa shape index (κ3) is 3.13. The van der Waals surface area contributed by atoms with Crippen LogP contribution in [0.15, 0.2) is 54.7 Å². The number of benzene rings is 1. The quantitative estimate of drug-likeness (QED) is 0.773. The molecule has 7 nitrogen and oxygen atoms in total. The van der Waals surface area contributed by atoms with E-state index in [0.717, 1.165) is 5.56 Å². The fraction of sp³-hybridized carbons (Fsp3) is 0.0625. The predicted molar refractivity (Wildman–Crippen MR) is 82.4 cm³/mol. The molecule has 0 saturated carbocycles. The average Bonchev–Trinajstić information content (AvgIpc) is 2.93. The van der Waals surface area contributed by atoms with Crippen molar-refractivity contribution in [2.75, 3.05) is 5.32 Å². The summed E-state index contributed by atoms with van der Waals surface area (Å²) in [5.41, 5.74) is 1.10. The molecule has 7 heteroatoms. The highest BCUT2D eigenvalue weighted by atomic mass is 16.5. The van der Waals surface area contributed by atoms with Crippen LogP contribution < -0.4 is 5.32 Å². The van der Waals surface area contributed by atoms with Gasteiger partial charge < -0.3 is 9.84 Å². The number of carboxylic acid groups (broad SMARTS) is 1. The summed E-state index contributed by atoms with van der Waals surface area (Å²) < 4.78 is 6.58. The van der Waals surface area contributed by atoms with Gasteiger partial charge in [-0.1, -0.05) is 36.4 Å². The number of amides is 1. The van der Waals surface area contributed by atoms with Crippen molar-refractivity contribution >= 4 is 23.5 Å². The summed E-state index contributed by atoms with van der Waals surface area (Å²) >= 11 is 0. The number of carbonyl (C=O) groups excluding carboxylic acids is 1. The van der Waals surface area contributed by atoms with E-state index in [2.05, 4.69) is 10.3 Å². The van der Waals surface area contributed by atoms with Crippen molar-refractivity contribution in [1.82, 2.24) is 9.38 Å². The number of carbonyl (C=O) groups is 2. The first kappa shape index (κ1) is 14.6. The van der Waals surface area contributed by atoms with Crippen LogP contribution >= 0.6 is 0 Å². The number of nitrogens with one attached hydrogen (secondary N) is 1. The Labute approximate surface area is 131 Å². The summed E-state index contributed by atoms with van der Waals surface area (Å²) in [6, 6.07) is 14.2. The zero-order valence-corrected chi connectivity index (χ0v) is 12.0. The fourth-order valence-corrected chi connectivity index (χ4v) is 2.13. The minimum absolute atomic E-state index is 0.0936. The van der Waals surface area contributed by atoms with Gasteiger partial charge in [-0.25, -0.2) is 14.6 Å². The molecular weight excluding hydrogens is 298 g/mol. The highest BCUT2D eigenvalue weighted by Crippen LogP contribution is 2.17. The standard InChI is InChI=1S/C16H13N3O4/c20-14(21)13-12-8-4-5-9-19(12)15(17-13)18-16(22)23-10-11-6-2-1-3-7-11/h1-9H,10H2,(H,20,21)(H,17,18,22). The zero-order chi connectivity index (χ0) is 16.2. The number of imidazole rings is 1. The molecule has 3 aromatic rings. The molecule has 3 rings (SSSR count). The molecule has 0 fully saturated rings. The van der Waals surface area contributed by atoms with Gasteiger partial charge in [0.25, 0.3) is 0 Å². The Hall–Kier alpha value is -3.35. The summed E-state index contributed by atoms with van der Waals surface area (Å²) in [6.45, 7) is 0.113. The number of anilines is 1. The van der Waals surface area contributed by atoms with E-state index in [9.17, 15) is 9.59 Å². The van der Waals surface area contributed by atoms with Crippen LogP contribution in [0.1, 0.15) is 16.1 Å². The zero-order valence-electron chi connectivity index (χ0n) is 12.0. The number of aromatic carboxylic acids is 1. The van der Waals surface area contributed by atoms with Crippen molar-refractivity contribution in [3.63, 3.8) is 0 Å². The lowest BCUT2D eigenvalue weighted by molar-refractivity contribution is 0.0693. The molecule has 0 saturated heterocycles. The van der Waals surface area contributed by atoms with Crippen LogP contribution in [0.5, 0.6) is 0 Å². The van der Waals surface area contributed by atoms with E-state index < -0.39 is 12.1 Å². The van der Waals surface area contributed by atoms with E-state index in [4.69, 9.17) is 9.84 Å². The maximum Gasteiger partial charge on any atom is 0.414 e. The summed E-state index contributed by atoms with van der Waals surface area (Å²) in [4.78, 5) is 27.0. The topological polar surface area (TPSA) is 92.9 Å². The van der Waals surface area contributed by atoms with E-state index in [-0.39, 0.29) is 18.2 Å². The normalized spacial score (nSPS) is 10.4. The van der Waals surface area contributed by atoms with Crippen molar-refractivity contribution in [3.05, 3.63) is 66.0 Å². The Morgan fingerprint density at radius 3 is 2.61 bits per heavy atom. The van der Waals surface area contributed by atoms with Gasteiger partial charge in [0.05, 0.1) is 5.52 Å². The van der Waals surface area contributed by atoms with Gasteiger partial charge in [0, 0.05) is 6.20 Å². The summed E-state index contributed by atoms with van der Waals surface area (Å²) in [6.07, 6.45) is 0.906. The number of carboxylic acids is 1. The van der Waals surface area contributed by atoms with Crippen LogP contribution in [-0.4, -0.2) is 26.6 Å². The van der Waals surface area contributed by atoms with E-state index in [0.29, 0.717) is 5.52 Å². The number of pyridine rings is 1. The van der Waals surface area contributed by atoms with Crippen LogP contribution in [-0.2, 0) is 11.3 Å². The molecule has 0 aliphatic rings. The Morgan fingerprint density at radius 1 is 1.13 bits per heavy atom. The molecule has 0 aliphatic heterocycles. The molecule has 116 valence electrons. The molecule has 1 amide bonds. The summed E-state index contributed by atoms with van der Waals surface area (Å²) in [7, 11) is 0. The van der Waals surface area contributed by atoms with E-state index in [1.165, 1.54) is 4.40 Å². The maximum atomic E-state index is 11.9. The van der Waals surface area contributed by atoms with Crippen LogP contribution in [0.25, 0.3) is 5.52 Å². The molecule has 0 bridgehead atoms. The number of rotatable bonds is 4. The highest BCUT2D eigenvalue weighted by Gasteiger charge is 2.18. The van der Waals surface area contributed by atoms with Crippen molar-refractivity contribution in [1.29, 1.82) is 0 Å². The largest absolute Gasteiger partial charge is 0.476 e. The number of aromatic nitrogens is 2.